The second-order valence-corrected chi connectivity index (χ2v) is 6.10. The Labute approximate surface area is 126 Å². The van der Waals surface area contributed by atoms with Crippen LogP contribution >= 0.6 is 0 Å². The monoisotopic (exact) mass is 295 g/mol. The summed E-state index contributed by atoms with van der Waals surface area (Å²) in [7, 11) is 0. The van der Waals surface area contributed by atoms with Crippen LogP contribution in [0.1, 0.15) is 25.7 Å². The lowest BCUT2D eigenvalue weighted by Crippen LogP contribution is -2.55. The minimum Gasteiger partial charge on any atom is -0.377 e. The Balaban J connectivity index is 1.60. The zero-order chi connectivity index (χ0) is 14.7. The minimum absolute atomic E-state index is 0.119. The Morgan fingerprint density at radius 2 is 2.19 bits per heavy atom. The number of morpholine rings is 1. The number of fused-ring (bicyclic) bond motifs is 1. The van der Waals surface area contributed by atoms with E-state index in [1.165, 1.54) is 0 Å². The van der Waals surface area contributed by atoms with Gasteiger partial charge in [0.15, 0.2) is 0 Å². The molecule has 0 N–H and O–H groups in total. The van der Waals surface area contributed by atoms with Crippen LogP contribution in [0.4, 0.5) is 0 Å². The number of carbonyl (C=O) groups is 1. The van der Waals surface area contributed by atoms with Gasteiger partial charge in [0.1, 0.15) is 6.10 Å². The van der Waals surface area contributed by atoms with Gasteiger partial charge in [-0.25, -0.2) is 0 Å². The molecule has 0 aromatic carbocycles. The summed E-state index contributed by atoms with van der Waals surface area (Å²) in [5.74, 6) is 0.550. The molecule has 5 nitrogen and oxygen atoms in total. The second-order valence-electron chi connectivity index (χ2n) is 6.10. The molecule has 2 saturated heterocycles. The minimum atomic E-state index is -0.222. The SMILES string of the molecule is C=CCOCC1CCC2C1OCCN2C(=O)C1CCCO1. The second kappa shape index (κ2) is 6.90. The van der Waals surface area contributed by atoms with E-state index in [4.69, 9.17) is 14.2 Å². The van der Waals surface area contributed by atoms with Crippen LogP contribution in [0.5, 0.6) is 0 Å². The molecule has 21 heavy (non-hydrogen) atoms. The normalized spacial score (nSPS) is 35.7. The van der Waals surface area contributed by atoms with E-state index in [1.807, 2.05) is 4.90 Å². The van der Waals surface area contributed by atoms with Crippen molar-refractivity contribution in [1.29, 1.82) is 0 Å². The van der Waals surface area contributed by atoms with Crippen molar-refractivity contribution in [2.75, 3.05) is 33.0 Å². The Morgan fingerprint density at radius 1 is 1.29 bits per heavy atom. The van der Waals surface area contributed by atoms with Gasteiger partial charge in [-0.1, -0.05) is 6.08 Å². The van der Waals surface area contributed by atoms with Gasteiger partial charge in [0.25, 0.3) is 5.91 Å². The number of rotatable bonds is 5. The molecule has 5 heteroatoms. The standard InChI is InChI=1S/C16H25NO4/c1-2-8-19-11-12-5-6-13-15(12)21-10-7-17(13)16(18)14-4-3-9-20-14/h2,12-15H,1,3-11H2. The largest absolute Gasteiger partial charge is 0.377 e. The maximum Gasteiger partial charge on any atom is 0.252 e. The molecule has 0 bridgehead atoms. The molecule has 0 radical (unpaired) electrons. The number of hydrogen-bond acceptors (Lipinski definition) is 4. The molecule has 118 valence electrons. The molecule has 3 aliphatic rings. The van der Waals surface area contributed by atoms with E-state index in [2.05, 4.69) is 6.58 Å². The van der Waals surface area contributed by atoms with Gasteiger partial charge in [-0.15, -0.1) is 6.58 Å². The van der Waals surface area contributed by atoms with Crippen LogP contribution in [0.25, 0.3) is 0 Å². The van der Waals surface area contributed by atoms with Crippen LogP contribution < -0.4 is 0 Å². The maximum absolute atomic E-state index is 12.6. The molecule has 1 saturated carbocycles. The summed E-state index contributed by atoms with van der Waals surface area (Å²) in [6.45, 7) is 6.96. The summed E-state index contributed by atoms with van der Waals surface area (Å²) in [5.41, 5.74) is 0. The molecule has 0 spiro atoms. The van der Waals surface area contributed by atoms with E-state index in [0.717, 1.165) is 25.7 Å². The Hall–Kier alpha value is -0.910. The number of nitrogens with zero attached hydrogens (tertiary/aromatic N) is 1. The Bertz CT molecular complexity index is 380. The van der Waals surface area contributed by atoms with E-state index in [1.54, 1.807) is 6.08 Å². The van der Waals surface area contributed by atoms with Gasteiger partial charge in [-0.05, 0) is 25.7 Å². The van der Waals surface area contributed by atoms with Gasteiger partial charge >= 0.3 is 0 Å². The van der Waals surface area contributed by atoms with E-state index >= 15 is 0 Å². The summed E-state index contributed by atoms with van der Waals surface area (Å²) in [6.07, 6.45) is 5.58. The van der Waals surface area contributed by atoms with E-state index in [-0.39, 0.29) is 24.2 Å². The predicted octanol–water partition coefficient (Wildman–Crippen LogP) is 1.37. The molecular weight excluding hydrogens is 270 g/mol. The molecule has 2 heterocycles. The molecule has 4 unspecified atom stereocenters. The van der Waals surface area contributed by atoms with Gasteiger partial charge in [-0.3, -0.25) is 4.79 Å². The smallest absolute Gasteiger partial charge is 0.252 e. The molecular formula is C16H25NO4. The third kappa shape index (κ3) is 3.15. The van der Waals surface area contributed by atoms with Gasteiger partial charge in [0.05, 0.1) is 32.0 Å². The first-order valence-electron chi connectivity index (χ1n) is 8.03. The summed E-state index contributed by atoms with van der Waals surface area (Å²) >= 11 is 0. The number of carbonyl (C=O) groups excluding carboxylic acids is 1. The fourth-order valence-corrected chi connectivity index (χ4v) is 3.77. The van der Waals surface area contributed by atoms with Crippen molar-refractivity contribution in [1.82, 2.24) is 4.90 Å². The Kier molecular flexibility index (Phi) is 4.93. The highest BCUT2D eigenvalue weighted by Crippen LogP contribution is 2.35. The molecule has 1 aliphatic carbocycles. The lowest BCUT2D eigenvalue weighted by atomic mass is 10.0. The lowest BCUT2D eigenvalue weighted by molar-refractivity contribution is -0.156. The van der Waals surface area contributed by atoms with Crippen molar-refractivity contribution in [3.05, 3.63) is 12.7 Å². The Morgan fingerprint density at radius 3 is 2.95 bits per heavy atom. The van der Waals surface area contributed by atoms with E-state index in [9.17, 15) is 4.79 Å². The molecule has 2 aliphatic heterocycles. The van der Waals surface area contributed by atoms with Crippen molar-refractivity contribution < 1.29 is 19.0 Å². The number of amides is 1. The molecule has 4 atom stereocenters. The zero-order valence-corrected chi connectivity index (χ0v) is 12.5. The van der Waals surface area contributed by atoms with Crippen LogP contribution in [-0.2, 0) is 19.0 Å². The quantitative estimate of drug-likeness (QED) is 0.568. The van der Waals surface area contributed by atoms with Crippen molar-refractivity contribution in [3.63, 3.8) is 0 Å². The summed E-state index contributed by atoms with van der Waals surface area (Å²) < 4.78 is 17.1. The third-order valence-electron chi connectivity index (χ3n) is 4.78. The predicted molar refractivity (Wildman–Crippen MR) is 78.0 cm³/mol. The van der Waals surface area contributed by atoms with Crippen LogP contribution in [-0.4, -0.2) is 62.0 Å². The summed E-state index contributed by atoms with van der Waals surface area (Å²) in [4.78, 5) is 14.6. The van der Waals surface area contributed by atoms with E-state index < -0.39 is 0 Å². The first kappa shape index (κ1) is 15.0. The first-order valence-corrected chi connectivity index (χ1v) is 8.03. The number of ether oxygens (including phenoxy) is 3. The molecule has 0 aromatic heterocycles. The van der Waals surface area contributed by atoms with Crippen LogP contribution in [0, 0.1) is 5.92 Å². The van der Waals surface area contributed by atoms with Gasteiger partial charge in [0, 0.05) is 19.1 Å². The topological polar surface area (TPSA) is 48.0 Å². The molecule has 3 rings (SSSR count). The highest BCUT2D eigenvalue weighted by Gasteiger charge is 2.45. The highest BCUT2D eigenvalue weighted by atomic mass is 16.5. The first-order chi connectivity index (χ1) is 10.3. The van der Waals surface area contributed by atoms with Crippen molar-refractivity contribution >= 4 is 5.91 Å². The summed E-state index contributed by atoms with van der Waals surface area (Å²) in [6, 6.07) is 0.202. The van der Waals surface area contributed by atoms with Gasteiger partial charge in [-0.2, -0.15) is 0 Å². The highest BCUT2D eigenvalue weighted by molar-refractivity contribution is 5.81. The molecule has 3 fully saturated rings. The fraction of sp³-hybridized carbons (Fsp3) is 0.812. The van der Waals surface area contributed by atoms with Crippen molar-refractivity contribution in [2.24, 2.45) is 5.92 Å². The molecule has 1 amide bonds. The van der Waals surface area contributed by atoms with Crippen molar-refractivity contribution in [3.8, 4) is 0 Å². The zero-order valence-electron chi connectivity index (χ0n) is 12.5. The molecule has 0 aromatic rings. The van der Waals surface area contributed by atoms with Gasteiger partial charge < -0.3 is 19.1 Å². The van der Waals surface area contributed by atoms with Crippen LogP contribution in [0.15, 0.2) is 12.7 Å². The van der Waals surface area contributed by atoms with Gasteiger partial charge in [0.2, 0.25) is 0 Å². The summed E-state index contributed by atoms with van der Waals surface area (Å²) in [5, 5.41) is 0. The average molecular weight is 295 g/mol. The maximum atomic E-state index is 12.6. The van der Waals surface area contributed by atoms with Crippen molar-refractivity contribution in [2.45, 2.75) is 43.9 Å². The average Bonchev–Trinajstić information content (AvgIpc) is 3.16. The van der Waals surface area contributed by atoms with E-state index in [0.29, 0.717) is 38.9 Å². The van der Waals surface area contributed by atoms with Crippen LogP contribution in [0.2, 0.25) is 0 Å². The fourth-order valence-electron chi connectivity index (χ4n) is 3.77. The third-order valence-corrected chi connectivity index (χ3v) is 4.78. The lowest BCUT2D eigenvalue weighted by Gasteiger charge is -2.40. The number of hydrogen-bond donors (Lipinski definition) is 0. The van der Waals surface area contributed by atoms with Crippen LogP contribution in [0.3, 0.4) is 0 Å².